The lowest BCUT2D eigenvalue weighted by molar-refractivity contribution is 0.0256. The topological polar surface area (TPSA) is 53.4 Å². The van der Waals surface area contributed by atoms with Gasteiger partial charge in [-0.3, -0.25) is 0 Å². The normalized spacial score (nSPS) is 18.8. The van der Waals surface area contributed by atoms with Gasteiger partial charge in [0.2, 0.25) is 0 Å². The smallest absolute Gasteiger partial charge is 0.335 e. The van der Waals surface area contributed by atoms with Gasteiger partial charge >= 0.3 is 5.97 Å². The molecule has 2 heterocycles. The first-order valence-electron chi connectivity index (χ1n) is 4.80. The molecule has 1 aliphatic rings. The van der Waals surface area contributed by atoms with Crippen molar-refractivity contribution >= 4 is 11.8 Å². The van der Waals surface area contributed by atoms with Crippen molar-refractivity contribution in [3.8, 4) is 0 Å². The molecule has 0 spiro atoms. The highest BCUT2D eigenvalue weighted by Crippen LogP contribution is 2.29. The molecular weight excluding hydrogens is 218 g/mol. The fraction of sp³-hybridized carbons (Fsp3) is 0.400. The van der Waals surface area contributed by atoms with Crippen LogP contribution in [0.15, 0.2) is 18.3 Å². The molecule has 0 radical (unpaired) electrons. The number of rotatable bonds is 2. The molecule has 6 heteroatoms. The van der Waals surface area contributed by atoms with Gasteiger partial charge in [0.25, 0.3) is 5.92 Å². The average molecular weight is 228 g/mol. The quantitative estimate of drug-likeness (QED) is 0.835. The Kier molecular flexibility index (Phi) is 2.49. The highest BCUT2D eigenvalue weighted by Gasteiger charge is 2.38. The predicted octanol–water partition coefficient (Wildman–Crippen LogP) is 1.63. The van der Waals surface area contributed by atoms with Crippen molar-refractivity contribution in [2.45, 2.75) is 12.3 Å². The fourth-order valence-electron chi connectivity index (χ4n) is 1.66. The van der Waals surface area contributed by atoms with Crippen molar-refractivity contribution in [1.82, 2.24) is 4.98 Å². The number of carbonyl (C=O) groups is 1. The minimum absolute atomic E-state index is 0.0558. The van der Waals surface area contributed by atoms with Gasteiger partial charge in [-0.05, 0) is 12.1 Å². The van der Waals surface area contributed by atoms with E-state index in [1.807, 2.05) is 0 Å². The van der Waals surface area contributed by atoms with Crippen molar-refractivity contribution in [1.29, 1.82) is 0 Å². The second-order valence-corrected chi connectivity index (χ2v) is 3.74. The zero-order chi connectivity index (χ0) is 11.8. The Labute approximate surface area is 90.5 Å². The largest absolute Gasteiger partial charge is 0.478 e. The highest BCUT2D eigenvalue weighted by atomic mass is 19.3. The van der Waals surface area contributed by atoms with Crippen LogP contribution in [0.5, 0.6) is 0 Å². The Bertz CT molecular complexity index is 423. The lowest BCUT2D eigenvalue weighted by Crippen LogP contribution is -2.25. The third kappa shape index (κ3) is 2.10. The van der Waals surface area contributed by atoms with E-state index in [9.17, 15) is 13.6 Å². The zero-order valence-corrected chi connectivity index (χ0v) is 8.36. The Morgan fingerprint density at radius 1 is 1.56 bits per heavy atom. The Morgan fingerprint density at radius 2 is 2.31 bits per heavy atom. The maximum atomic E-state index is 13.0. The number of aromatic nitrogens is 1. The third-order valence-corrected chi connectivity index (χ3v) is 2.49. The van der Waals surface area contributed by atoms with Crippen molar-refractivity contribution in [2.24, 2.45) is 0 Å². The number of anilines is 1. The van der Waals surface area contributed by atoms with Crippen LogP contribution in [0.3, 0.4) is 0 Å². The summed E-state index contributed by atoms with van der Waals surface area (Å²) in [7, 11) is 0. The van der Waals surface area contributed by atoms with Crippen LogP contribution in [-0.4, -0.2) is 35.1 Å². The second-order valence-electron chi connectivity index (χ2n) is 3.74. The van der Waals surface area contributed by atoms with Gasteiger partial charge in [0.05, 0.1) is 12.1 Å². The van der Waals surface area contributed by atoms with E-state index in [-0.39, 0.29) is 24.3 Å². The summed E-state index contributed by atoms with van der Waals surface area (Å²) >= 11 is 0. The van der Waals surface area contributed by atoms with E-state index < -0.39 is 18.4 Å². The molecule has 1 saturated heterocycles. The van der Waals surface area contributed by atoms with Crippen LogP contribution in [0, 0.1) is 0 Å². The summed E-state index contributed by atoms with van der Waals surface area (Å²) in [5.74, 6) is -3.51. The van der Waals surface area contributed by atoms with Gasteiger partial charge in [0.1, 0.15) is 5.82 Å². The summed E-state index contributed by atoms with van der Waals surface area (Å²) in [5.41, 5.74) is 0.0558. The molecule has 0 bridgehead atoms. The summed E-state index contributed by atoms with van der Waals surface area (Å²) in [4.78, 5) is 16.0. The first kappa shape index (κ1) is 10.8. The van der Waals surface area contributed by atoms with Crippen LogP contribution >= 0.6 is 0 Å². The SMILES string of the molecule is O=C(O)c1ccnc(N2CCC(F)(F)C2)c1. The highest BCUT2D eigenvalue weighted by molar-refractivity contribution is 5.88. The molecule has 4 nitrogen and oxygen atoms in total. The minimum Gasteiger partial charge on any atom is -0.478 e. The summed E-state index contributed by atoms with van der Waals surface area (Å²) in [6.45, 7) is -0.202. The van der Waals surface area contributed by atoms with Crippen LogP contribution in [0.2, 0.25) is 0 Å². The summed E-state index contributed by atoms with van der Waals surface area (Å²) < 4.78 is 25.9. The number of nitrogens with zero attached hydrogens (tertiary/aromatic N) is 2. The number of alkyl halides is 2. The van der Waals surface area contributed by atoms with Gasteiger partial charge in [-0.25, -0.2) is 18.6 Å². The molecule has 2 rings (SSSR count). The lowest BCUT2D eigenvalue weighted by atomic mass is 10.2. The second kappa shape index (κ2) is 3.70. The minimum atomic E-state index is -2.71. The van der Waals surface area contributed by atoms with Crippen molar-refractivity contribution in [2.75, 3.05) is 18.0 Å². The van der Waals surface area contributed by atoms with Gasteiger partial charge in [0.15, 0.2) is 0 Å². The van der Waals surface area contributed by atoms with E-state index in [1.54, 1.807) is 0 Å². The van der Waals surface area contributed by atoms with E-state index in [0.29, 0.717) is 0 Å². The Hall–Kier alpha value is -1.72. The molecule has 1 aliphatic heterocycles. The summed E-state index contributed by atoms with van der Waals surface area (Å²) in [6.07, 6.45) is 1.10. The van der Waals surface area contributed by atoms with E-state index in [2.05, 4.69) is 4.98 Å². The van der Waals surface area contributed by atoms with Crippen molar-refractivity contribution < 1.29 is 18.7 Å². The Morgan fingerprint density at radius 3 is 2.88 bits per heavy atom. The zero-order valence-electron chi connectivity index (χ0n) is 8.36. The van der Waals surface area contributed by atoms with Crippen LogP contribution in [0.1, 0.15) is 16.8 Å². The molecular formula is C10H10F2N2O2. The molecule has 1 fully saturated rings. The molecule has 1 aromatic rings. The third-order valence-electron chi connectivity index (χ3n) is 2.49. The summed E-state index contributed by atoms with van der Waals surface area (Å²) in [5, 5.41) is 8.76. The Balaban J connectivity index is 2.22. The number of hydrogen-bond acceptors (Lipinski definition) is 3. The number of halogens is 2. The first-order valence-corrected chi connectivity index (χ1v) is 4.80. The maximum Gasteiger partial charge on any atom is 0.335 e. The molecule has 86 valence electrons. The molecule has 16 heavy (non-hydrogen) atoms. The van der Waals surface area contributed by atoms with E-state index in [0.717, 1.165) is 0 Å². The fourth-order valence-corrected chi connectivity index (χ4v) is 1.66. The maximum absolute atomic E-state index is 13.0. The van der Waals surface area contributed by atoms with Gasteiger partial charge in [0, 0.05) is 19.2 Å². The van der Waals surface area contributed by atoms with Crippen LogP contribution in [0.25, 0.3) is 0 Å². The molecule has 0 aromatic carbocycles. The van der Waals surface area contributed by atoms with E-state index in [4.69, 9.17) is 5.11 Å². The van der Waals surface area contributed by atoms with E-state index >= 15 is 0 Å². The first-order chi connectivity index (χ1) is 7.48. The van der Waals surface area contributed by atoms with Crippen molar-refractivity contribution in [3.05, 3.63) is 23.9 Å². The van der Waals surface area contributed by atoms with Crippen LogP contribution in [-0.2, 0) is 0 Å². The number of aromatic carboxylic acids is 1. The number of carboxylic acids is 1. The van der Waals surface area contributed by atoms with Gasteiger partial charge in [-0.1, -0.05) is 0 Å². The molecule has 0 atom stereocenters. The van der Waals surface area contributed by atoms with E-state index in [1.165, 1.54) is 23.2 Å². The van der Waals surface area contributed by atoms with Gasteiger partial charge in [-0.2, -0.15) is 0 Å². The lowest BCUT2D eigenvalue weighted by Gasteiger charge is -2.16. The summed E-state index contributed by atoms with van der Waals surface area (Å²) in [6, 6.07) is 2.64. The average Bonchev–Trinajstić information content (AvgIpc) is 2.59. The molecule has 0 saturated carbocycles. The number of carboxylic acid groups (broad SMARTS) is 1. The number of hydrogen-bond donors (Lipinski definition) is 1. The van der Waals surface area contributed by atoms with Crippen molar-refractivity contribution in [3.63, 3.8) is 0 Å². The monoisotopic (exact) mass is 228 g/mol. The van der Waals surface area contributed by atoms with Crippen LogP contribution < -0.4 is 4.90 Å². The van der Waals surface area contributed by atoms with Gasteiger partial charge < -0.3 is 10.0 Å². The number of pyridine rings is 1. The molecule has 0 unspecified atom stereocenters. The molecule has 0 amide bonds. The van der Waals surface area contributed by atoms with Crippen LogP contribution in [0.4, 0.5) is 14.6 Å². The molecule has 1 N–H and O–H groups in total. The molecule has 1 aromatic heterocycles. The molecule has 0 aliphatic carbocycles. The standard InChI is InChI=1S/C10H10F2N2O2/c11-10(12)2-4-14(6-10)8-5-7(9(15)16)1-3-13-8/h1,3,5H,2,4,6H2,(H,15,16). The van der Waals surface area contributed by atoms with Gasteiger partial charge in [-0.15, -0.1) is 0 Å². The predicted molar refractivity (Wildman–Crippen MR) is 53.0 cm³/mol.